The lowest BCUT2D eigenvalue weighted by atomic mass is 9.99. The molecule has 0 radical (unpaired) electrons. The van der Waals surface area contributed by atoms with Crippen molar-refractivity contribution < 1.29 is 19.1 Å². The van der Waals surface area contributed by atoms with Crippen molar-refractivity contribution >= 4 is 11.9 Å². The minimum absolute atomic E-state index is 0.0156. The summed E-state index contributed by atoms with van der Waals surface area (Å²) < 4.78 is 10.0. The summed E-state index contributed by atoms with van der Waals surface area (Å²) in [7, 11) is 1.50. The summed E-state index contributed by atoms with van der Waals surface area (Å²) in [6, 6.07) is -0.618. The van der Waals surface area contributed by atoms with E-state index < -0.39 is 12.0 Å². The van der Waals surface area contributed by atoms with E-state index in [1.54, 1.807) is 6.92 Å². The third-order valence-electron chi connectivity index (χ3n) is 3.08. The Balaban J connectivity index is 4.55. The predicted molar refractivity (Wildman–Crippen MR) is 72.5 cm³/mol. The molecule has 6 heteroatoms. The van der Waals surface area contributed by atoms with Crippen LogP contribution in [0.5, 0.6) is 0 Å². The summed E-state index contributed by atoms with van der Waals surface area (Å²) >= 11 is 0. The molecule has 1 amide bonds. The Morgan fingerprint density at radius 1 is 1.32 bits per heavy atom. The van der Waals surface area contributed by atoms with Crippen molar-refractivity contribution in [1.29, 1.82) is 0 Å². The van der Waals surface area contributed by atoms with Gasteiger partial charge in [-0.1, -0.05) is 20.3 Å². The van der Waals surface area contributed by atoms with E-state index in [0.29, 0.717) is 6.61 Å². The van der Waals surface area contributed by atoms with E-state index in [-0.39, 0.29) is 30.9 Å². The number of nitrogens with one attached hydrogen (secondary N) is 1. The molecule has 0 bridgehead atoms. The minimum Gasteiger partial charge on any atom is -0.464 e. The van der Waals surface area contributed by atoms with Crippen molar-refractivity contribution in [2.24, 2.45) is 11.7 Å². The van der Waals surface area contributed by atoms with Crippen LogP contribution >= 0.6 is 0 Å². The molecule has 3 N–H and O–H groups in total. The highest BCUT2D eigenvalue weighted by Crippen LogP contribution is 2.10. The Hall–Kier alpha value is -1.14. The summed E-state index contributed by atoms with van der Waals surface area (Å²) in [5.41, 5.74) is 5.46. The first-order chi connectivity index (χ1) is 8.99. The second kappa shape index (κ2) is 9.75. The lowest BCUT2D eigenvalue weighted by molar-refractivity contribution is -0.149. The van der Waals surface area contributed by atoms with Gasteiger partial charge in [0.1, 0.15) is 6.04 Å². The van der Waals surface area contributed by atoms with Gasteiger partial charge in [-0.2, -0.15) is 0 Å². The molecule has 112 valence electrons. The van der Waals surface area contributed by atoms with Gasteiger partial charge in [0, 0.05) is 13.7 Å². The first-order valence-corrected chi connectivity index (χ1v) is 6.68. The highest BCUT2D eigenvalue weighted by molar-refractivity contribution is 5.84. The molecular formula is C13H26N2O4. The highest BCUT2D eigenvalue weighted by Gasteiger charge is 2.27. The summed E-state index contributed by atoms with van der Waals surface area (Å²) in [6.07, 6.45) is 0.577. The van der Waals surface area contributed by atoms with Gasteiger partial charge in [0.2, 0.25) is 5.91 Å². The molecule has 0 aromatic carbocycles. The average Bonchev–Trinajstić information content (AvgIpc) is 2.41. The monoisotopic (exact) mass is 274 g/mol. The van der Waals surface area contributed by atoms with E-state index in [2.05, 4.69) is 5.32 Å². The number of esters is 1. The number of hydrogen-bond acceptors (Lipinski definition) is 5. The smallest absolute Gasteiger partial charge is 0.328 e. The van der Waals surface area contributed by atoms with Gasteiger partial charge in [0.05, 0.1) is 19.1 Å². The number of ether oxygens (including phenoxy) is 2. The van der Waals surface area contributed by atoms with E-state index in [9.17, 15) is 9.59 Å². The van der Waals surface area contributed by atoms with E-state index >= 15 is 0 Å². The fourth-order valence-corrected chi connectivity index (χ4v) is 1.60. The van der Waals surface area contributed by atoms with E-state index in [0.717, 1.165) is 6.42 Å². The molecule has 6 nitrogen and oxygen atoms in total. The normalized spacial score (nSPS) is 15.4. The standard InChI is InChI=1S/C13H26N2O4/c1-5-9(3)12(13(17)19-6-2)15-11(16)7-10(8-14)18-4/h9-10,12H,5-8,14H2,1-4H3,(H,15,16). The molecule has 0 rings (SSSR count). The Morgan fingerprint density at radius 3 is 2.37 bits per heavy atom. The van der Waals surface area contributed by atoms with Gasteiger partial charge in [0.15, 0.2) is 0 Å². The van der Waals surface area contributed by atoms with E-state index in [1.807, 2.05) is 13.8 Å². The fraction of sp³-hybridized carbons (Fsp3) is 0.846. The van der Waals surface area contributed by atoms with Crippen molar-refractivity contribution in [2.45, 2.75) is 45.8 Å². The lowest BCUT2D eigenvalue weighted by Gasteiger charge is -2.23. The summed E-state index contributed by atoms with van der Waals surface area (Å²) in [6.45, 7) is 6.16. The molecule has 0 aliphatic carbocycles. The number of rotatable bonds is 9. The van der Waals surface area contributed by atoms with Crippen molar-refractivity contribution in [2.75, 3.05) is 20.3 Å². The molecule has 0 aliphatic rings. The second-order valence-electron chi connectivity index (χ2n) is 4.48. The Bertz CT molecular complexity index is 280. The summed E-state index contributed by atoms with van der Waals surface area (Å²) in [5.74, 6) is -0.635. The zero-order valence-electron chi connectivity index (χ0n) is 12.3. The van der Waals surface area contributed by atoms with Gasteiger partial charge in [-0.3, -0.25) is 4.79 Å². The quantitative estimate of drug-likeness (QED) is 0.596. The van der Waals surface area contributed by atoms with Crippen molar-refractivity contribution in [1.82, 2.24) is 5.32 Å². The first kappa shape index (κ1) is 17.9. The van der Waals surface area contributed by atoms with Crippen LogP contribution in [-0.4, -0.2) is 44.3 Å². The molecule has 0 saturated carbocycles. The zero-order valence-corrected chi connectivity index (χ0v) is 12.3. The molecule has 0 aromatic heterocycles. The Kier molecular flexibility index (Phi) is 9.16. The summed E-state index contributed by atoms with van der Waals surface area (Å²) in [5, 5.41) is 2.70. The molecule has 3 atom stereocenters. The largest absolute Gasteiger partial charge is 0.464 e. The van der Waals surface area contributed by atoms with Gasteiger partial charge in [-0.05, 0) is 12.8 Å². The minimum atomic E-state index is -0.618. The topological polar surface area (TPSA) is 90.7 Å². The maximum Gasteiger partial charge on any atom is 0.328 e. The fourth-order valence-electron chi connectivity index (χ4n) is 1.60. The van der Waals surface area contributed by atoms with Crippen LogP contribution in [0.25, 0.3) is 0 Å². The van der Waals surface area contributed by atoms with Gasteiger partial charge >= 0.3 is 5.97 Å². The highest BCUT2D eigenvalue weighted by atomic mass is 16.5. The van der Waals surface area contributed by atoms with E-state index in [1.165, 1.54) is 7.11 Å². The molecule has 0 fully saturated rings. The van der Waals surface area contributed by atoms with Gasteiger partial charge in [-0.15, -0.1) is 0 Å². The predicted octanol–water partition coefficient (Wildman–Crippen LogP) is 0.444. The van der Waals surface area contributed by atoms with Crippen LogP contribution in [0.4, 0.5) is 0 Å². The third kappa shape index (κ3) is 6.54. The number of hydrogen-bond donors (Lipinski definition) is 2. The van der Waals surface area contributed by atoms with Crippen molar-refractivity contribution in [3.8, 4) is 0 Å². The molecule has 0 saturated heterocycles. The zero-order chi connectivity index (χ0) is 14.8. The van der Waals surface area contributed by atoms with Crippen LogP contribution in [0, 0.1) is 5.92 Å². The van der Waals surface area contributed by atoms with Crippen LogP contribution in [-0.2, 0) is 19.1 Å². The summed E-state index contributed by atoms with van der Waals surface area (Å²) in [4.78, 5) is 23.7. The average molecular weight is 274 g/mol. The molecule has 19 heavy (non-hydrogen) atoms. The maximum atomic E-state index is 11.9. The molecule has 0 heterocycles. The molecule has 0 spiro atoms. The van der Waals surface area contributed by atoms with Gasteiger partial charge in [-0.25, -0.2) is 4.79 Å². The van der Waals surface area contributed by atoms with Crippen molar-refractivity contribution in [3.63, 3.8) is 0 Å². The molecule has 0 aromatic rings. The SMILES string of the molecule is CCOC(=O)C(NC(=O)CC(CN)OC)C(C)CC. The molecule has 0 aliphatic heterocycles. The Morgan fingerprint density at radius 2 is 1.95 bits per heavy atom. The van der Waals surface area contributed by atoms with Gasteiger partial charge < -0.3 is 20.5 Å². The number of methoxy groups -OCH3 is 1. The van der Waals surface area contributed by atoms with Crippen LogP contribution in [0.3, 0.4) is 0 Å². The number of amides is 1. The molecule has 3 unspecified atom stereocenters. The second-order valence-corrected chi connectivity index (χ2v) is 4.48. The number of carbonyl (C=O) groups is 2. The first-order valence-electron chi connectivity index (χ1n) is 6.68. The number of carbonyl (C=O) groups excluding carboxylic acids is 2. The third-order valence-corrected chi connectivity index (χ3v) is 3.08. The van der Waals surface area contributed by atoms with Crippen LogP contribution in [0.2, 0.25) is 0 Å². The van der Waals surface area contributed by atoms with Crippen molar-refractivity contribution in [3.05, 3.63) is 0 Å². The van der Waals surface area contributed by atoms with Crippen LogP contribution in [0.15, 0.2) is 0 Å². The van der Waals surface area contributed by atoms with E-state index in [4.69, 9.17) is 15.2 Å². The Labute approximate surface area is 115 Å². The van der Waals surface area contributed by atoms with Crippen LogP contribution < -0.4 is 11.1 Å². The van der Waals surface area contributed by atoms with Gasteiger partial charge in [0.25, 0.3) is 0 Å². The maximum absolute atomic E-state index is 11.9. The number of nitrogens with two attached hydrogens (primary N) is 1. The van der Waals surface area contributed by atoms with Crippen LogP contribution in [0.1, 0.15) is 33.6 Å². The lowest BCUT2D eigenvalue weighted by Crippen LogP contribution is -2.47. The molecular weight excluding hydrogens is 248 g/mol.